The Morgan fingerprint density at radius 1 is 1.17 bits per heavy atom. The van der Waals surface area contributed by atoms with Gasteiger partial charge in [0, 0.05) is 11.8 Å². The number of benzene rings is 1. The number of rotatable bonds is 6. The fourth-order valence-electron chi connectivity index (χ4n) is 1.87. The number of aromatic amines is 1. The van der Waals surface area contributed by atoms with E-state index in [0.29, 0.717) is 22.2 Å². The average Bonchev–Trinajstić information content (AvgIpc) is 2.59. The summed E-state index contributed by atoms with van der Waals surface area (Å²) in [5, 5.41) is 0.415. The zero-order chi connectivity index (χ0) is 17.5. The van der Waals surface area contributed by atoms with Crippen LogP contribution >= 0.6 is 11.8 Å². The Hall–Kier alpha value is -2.61. The van der Waals surface area contributed by atoms with Gasteiger partial charge in [0.2, 0.25) is 0 Å². The van der Waals surface area contributed by atoms with Crippen LogP contribution in [-0.2, 0) is 26.4 Å². The van der Waals surface area contributed by atoms with Gasteiger partial charge in [0.1, 0.15) is 0 Å². The second-order valence-corrected chi connectivity index (χ2v) is 5.74. The van der Waals surface area contributed by atoms with E-state index < -0.39 is 11.9 Å². The molecule has 0 saturated heterocycles. The third kappa shape index (κ3) is 4.95. The van der Waals surface area contributed by atoms with Crippen molar-refractivity contribution in [2.24, 2.45) is 0 Å². The lowest BCUT2D eigenvalue weighted by atomic mass is 10.1. The van der Waals surface area contributed by atoms with Crippen molar-refractivity contribution in [1.29, 1.82) is 0 Å². The molecular formula is C16H16N2O5S. The van der Waals surface area contributed by atoms with E-state index in [0.717, 1.165) is 5.56 Å². The summed E-state index contributed by atoms with van der Waals surface area (Å²) in [6, 6.07) is 8.22. The molecule has 0 fully saturated rings. The molecule has 0 aliphatic heterocycles. The number of H-pyrrole nitrogens is 1. The lowest BCUT2D eigenvalue weighted by molar-refractivity contribution is -0.139. The van der Waals surface area contributed by atoms with Crippen molar-refractivity contribution in [2.45, 2.75) is 17.3 Å². The molecule has 1 N–H and O–H groups in total. The van der Waals surface area contributed by atoms with E-state index >= 15 is 0 Å². The number of thioether (sulfide) groups is 1. The van der Waals surface area contributed by atoms with Gasteiger partial charge in [-0.3, -0.25) is 9.59 Å². The van der Waals surface area contributed by atoms with Crippen molar-refractivity contribution in [3.8, 4) is 0 Å². The molecule has 0 radical (unpaired) electrons. The van der Waals surface area contributed by atoms with Crippen molar-refractivity contribution in [1.82, 2.24) is 9.97 Å². The maximum atomic E-state index is 11.6. The zero-order valence-corrected chi connectivity index (χ0v) is 14.0. The van der Waals surface area contributed by atoms with E-state index in [1.807, 2.05) is 0 Å². The van der Waals surface area contributed by atoms with Gasteiger partial charge in [-0.15, -0.1) is 0 Å². The zero-order valence-electron chi connectivity index (χ0n) is 13.2. The second-order valence-electron chi connectivity index (χ2n) is 4.77. The molecule has 1 aromatic heterocycles. The molecule has 8 heteroatoms. The van der Waals surface area contributed by atoms with Crippen LogP contribution in [0.25, 0.3) is 0 Å². The summed E-state index contributed by atoms with van der Waals surface area (Å²) in [6.45, 7) is 0. The predicted octanol–water partition coefficient (Wildman–Crippen LogP) is 1.56. The minimum atomic E-state index is -0.456. The van der Waals surface area contributed by atoms with Crippen LogP contribution in [-0.4, -0.2) is 36.1 Å². The first-order valence-corrected chi connectivity index (χ1v) is 7.97. The van der Waals surface area contributed by atoms with Gasteiger partial charge in [0.25, 0.3) is 5.56 Å². The number of hydrogen-bond donors (Lipinski definition) is 1. The summed E-state index contributed by atoms with van der Waals surface area (Å²) in [6.07, 6.45) is -0.0538. The third-order valence-corrected chi connectivity index (χ3v) is 4.02. The normalized spacial score (nSPS) is 10.2. The maximum Gasteiger partial charge on any atom is 0.337 e. The highest BCUT2D eigenvalue weighted by Crippen LogP contribution is 2.19. The Morgan fingerprint density at radius 2 is 1.88 bits per heavy atom. The average molecular weight is 348 g/mol. The van der Waals surface area contributed by atoms with Crippen molar-refractivity contribution in [2.75, 3.05) is 14.2 Å². The molecule has 126 valence electrons. The SMILES string of the molecule is COC(=O)Cc1cc(=O)[nH]c(SCc2ccc(C(=O)OC)cc2)n1. The minimum Gasteiger partial charge on any atom is -0.469 e. The van der Waals surface area contributed by atoms with Gasteiger partial charge in [0.15, 0.2) is 5.16 Å². The fraction of sp³-hybridized carbons (Fsp3) is 0.250. The number of hydrogen-bond acceptors (Lipinski definition) is 7. The largest absolute Gasteiger partial charge is 0.469 e. The number of nitrogens with one attached hydrogen (secondary N) is 1. The summed E-state index contributed by atoms with van der Waals surface area (Å²) in [5.41, 5.74) is 1.45. The first-order chi connectivity index (χ1) is 11.5. The number of esters is 2. The predicted molar refractivity (Wildman–Crippen MR) is 87.9 cm³/mol. The molecule has 0 atom stereocenters. The molecule has 0 amide bonds. The number of methoxy groups -OCH3 is 2. The highest BCUT2D eigenvalue weighted by atomic mass is 32.2. The molecule has 24 heavy (non-hydrogen) atoms. The van der Waals surface area contributed by atoms with E-state index in [1.54, 1.807) is 24.3 Å². The van der Waals surface area contributed by atoms with Gasteiger partial charge in [-0.1, -0.05) is 23.9 Å². The topological polar surface area (TPSA) is 98.4 Å². The van der Waals surface area contributed by atoms with E-state index in [-0.39, 0.29) is 12.0 Å². The number of carbonyl (C=O) groups excluding carboxylic acids is 2. The standard InChI is InChI=1S/C16H16N2O5S/c1-22-14(20)8-12-7-13(19)18-16(17-12)24-9-10-3-5-11(6-4-10)15(21)23-2/h3-7H,8-9H2,1-2H3,(H,17,18,19). The Balaban J connectivity index is 2.04. The van der Waals surface area contributed by atoms with Crippen LogP contribution in [0.3, 0.4) is 0 Å². The number of carbonyl (C=O) groups is 2. The van der Waals surface area contributed by atoms with Crippen molar-refractivity contribution >= 4 is 23.7 Å². The van der Waals surface area contributed by atoms with E-state index in [1.165, 1.54) is 32.0 Å². The number of ether oxygens (including phenoxy) is 2. The van der Waals surface area contributed by atoms with Gasteiger partial charge in [-0.2, -0.15) is 0 Å². The Kier molecular flexibility index (Phi) is 6.14. The molecule has 0 aliphatic carbocycles. The van der Waals surface area contributed by atoms with Crippen LogP contribution in [0, 0.1) is 0 Å². The summed E-state index contributed by atoms with van der Waals surface area (Å²) < 4.78 is 9.21. The summed E-state index contributed by atoms with van der Waals surface area (Å²) in [7, 11) is 2.61. The first-order valence-electron chi connectivity index (χ1n) is 6.99. The monoisotopic (exact) mass is 348 g/mol. The molecule has 0 saturated carbocycles. The summed E-state index contributed by atoms with van der Waals surface area (Å²) in [4.78, 5) is 41.1. The summed E-state index contributed by atoms with van der Waals surface area (Å²) >= 11 is 1.32. The molecule has 0 bridgehead atoms. The highest BCUT2D eigenvalue weighted by molar-refractivity contribution is 7.98. The third-order valence-electron chi connectivity index (χ3n) is 3.08. The molecule has 7 nitrogen and oxygen atoms in total. The Bertz CT molecular complexity index is 786. The molecule has 0 spiro atoms. The quantitative estimate of drug-likeness (QED) is 0.480. The van der Waals surface area contributed by atoms with Gasteiger partial charge in [0.05, 0.1) is 31.9 Å². The summed E-state index contributed by atoms with van der Waals surface area (Å²) in [5.74, 6) is -0.301. The van der Waals surface area contributed by atoms with Gasteiger partial charge in [-0.25, -0.2) is 9.78 Å². The van der Waals surface area contributed by atoms with Gasteiger partial charge in [-0.05, 0) is 17.7 Å². The molecule has 2 rings (SSSR count). The van der Waals surface area contributed by atoms with Crippen LogP contribution in [0.2, 0.25) is 0 Å². The lowest BCUT2D eigenvalue weighted by Crippen LogP contribution is -2.13. The van der Waals surface area contributed by atoms with Crippen molar-refractivity contribution in [3.63, 3.8) is 0 Å². The number of nitrogens with zero attached hydrogens (tertiary/aromatic N) is 1. The van der Waals surface area contributed by atoms with Gasteiger partial charge < -0.3 is 14.5 Å². The fourth-order valence-corrected chi connectivity index (χ4v) is 2.72. The first kappa shape index (κ1) is 17.7. The van der Waals surface area contributed by atoms with Crippen molar-refractivity contribution < 1.29 is 19.1 Å². The van der Waals surface area contributed by atoms with E-state index in [2.05, 4.69) is 19.4 Å². The van der Waals surface area contributed by atoms with Crippen LogP contribution < -0.4 is 5.56 Å². The molecule has 0 aliphatic rings. The van der Waals surface area contributed by atoms with Crippen LogP contribution in [0.4, 0.5) is 0 Å². The second kappa shape index (κ2) is 8.30. The molecule has 1 aromatic carbocycles. The lowest BCUT2D eigenvalue weighted by Gasteiger charge is -2.05. The maximum absolute atomic E-state index is 11.6. The number of aromatic nitrogens is 2. The molecule has 2 aromatic rings. The molecule has 0 unspecified atom stereocenters. The van der Waals surface area contributed by atoms with Gasteiger partial charge >= 0.3 is 11.9 Å². The Morgan fingerprint density at radius 3 is 2.50 bits per heavy atom. The highest BCUT2D eigenvalue weighted by Gasteiger charge is 2.09. The molecular weight excluding hydrogens is 332 g/mol. The Labute approximate surface area is 142 Å². The van der Waals surface area contributed by atoms with Crippen LogP contribution in [0.5, 0.6) is 0 Å². The minimum absolute atomic E-state index is 0.0538. The van der Waals surface area contributed by atoms with Crippen LogP contribution in [0.15, 0.2) is 40.3 Å². The van der Waals surface area contributed by atoms with Crippen LogP contribution in [0.1, 0.15) is 21.6 Å². The van der Waals surface area contributed by atoms with Crippen molar-refractivity contribution in [3.05, 3.63) is 57.5 Å². The molecule has 1 heterocycles. The van der Waals surface area contributed by atoms with E-state index in [9.17, 15) is 14.4 Å². The smallest absolute Gasteiger partial charge is 0.337 e. The van der Waals surface area contributed by atoms with E-state index in [4.69, 9.17) is 0 Å².